The van der Waals surface area contributed by atoms with Crippen molar-refractivity contribution in [3.63, 3.8) is 0 Å². The Balaban J connectivity index is 1.96. The first kappa shape index (κ1) is 11.9. The molecule has 3 rings (SSSR count). The van der Waals surface area contributed by atoms with Gasteiger partial charge in [-0.15, -0.1) is 11.3 Å². The Kier molecular flexibility index (Phi) is 3.00. The summed E-state index contributed by atoms with van der Waals surface area (Å²) in [7, 11) is 0. The number of aromatic nitrogens is 3. The lowest BCUT2D eigenvalue weighted by molar-refractivity contribution is 0.0520. The minimum absolute atomic E-state index is 0.332. The van der Waals surface area contributed by atoms with E-state index in [1.807, 2.05) is 35.0 Å². The predicted octanol–water partition coefficient (Wildman–Crippen LogP) is 2.63. The number of ether oxygens (including phenoxy) is 1. The van der Waals surface area contributed by atoms with Crippen molar-refractivity contribution in [1.82, 2.24) is 14.4 Å². The van der Waals surface area contributed by atoms with Crippen LogP contribution in [0.15, 0.2) is 36.0 Å². The third-order valence-corrected chi connectivity index (χ3v) is 3.44. The number of hydrogen-bond donors (Lipinski definition) is 0. The van der Waals surface area contributed by atoms with Gasteiger partial charge in [-0.1, -0.05) is 6.07 Å². The van der Waals surface area contributed by atoms with E-state index >= 15 is 0 Å². The summed E-state index contributed by atoms with van der Waals surface area (Å²) < 4.78 is 6.83. The van der Waals surface area contributed by atoms with Gasteiger partial charge in [-0.2, -0.15) is 0 Å². The summed E-state index contributed by atoms with van der Waals surface area (Å²) in [6, 6.07) is 5.78. The second-order valence-corrected chi connectivity index (χ2v) is 4.71. The summed E-state index contributed by atoms with van der Waals surface area (Å²) in [5.74, 6) is -0.395. The van der Waals surface area contributed by atoms with E-state index in [1.165, 1.54) is 11.3 Å². The molecule has 0 N–H and O–H groups in total. The van der Waals surface area contributed by atoms with E-state index in [9.17, 15) is 4.79 Å². The normalized spacial score (nSPS) is 10.8. The number of carbonyl (C=O) groups excluding carboxylic acids is 1. The molecular formula is C13H11N3O2S. The Morgan fingerprint density at radius 3 is 3.11 bits per heavy atom. The fourth-order valence-corrected chi connectivity index (χ4v) is 2.47. The van der Waals surface area contributed by atoms with Crippen molar-refractivity contribution in [2.75, 3.05) is 6.61 Å². The molecule has 96 valence electrons. The topological polar surface area (TPSA) is 56.5 Å². The van der Waals surface area contributed by atoms with E-state index in [2.05, 4.69) is 9.97 Å². The molecule has 0 amide bonds. The van der Waals surface area contributed by atoms with E-state index in [0.717, 1.165) is 11.3 Å². The van der Waals surface area contributed by atoms with E-state index in [4.69, 9.17) is 4.74 Å². The molecule has 0 radical (unpaired) electrons. The maximum absolute atomic E-state index is 11.6. The van der Waals surface area contributed by atoms with Gasteiger partial charge in [-0.05, 0) is 19.1 Å². The Hall–Kier alpha value is -2.21. The number of thiazole rings is 1. The zero-order valence-corrected chi connectivity index (χ0v) is 11.1. The molecule has 0 atom stereocenters. The van der Waals surface area contributed by atoms with Gasteiger partial charge < -0.3 is 9.14 Å². The second kappa shape index (κ2) is 4.81. The number of carbonyl (C=O) groups is 1. The van der Waals surface area contributed by atoms with E-state index in [0.29, 0.717) is 17.3 Å². The molecule has 0 aromatic carbocycles. The minimum Gasteiger partial charge on any atom is -0.461 e. The first-order valence-electron chi connectivity index (χ1n) is 5.84. The molecule has 3 heterocycles. The molecule has 19 heavy (non-hydrogen) atoms. The Labute approximate surface area is 113 Å². The highest BCUT2D eigenvalue weighted by Gasteiger charge is 2.14. The van der Waals surface area contributed by atoms with Crippen molar-refractivity contribution in [2.24, 2.45) is 0 Å². The van der Waals surface area contributed by atoms with Crippen LogP contribution in [0.1, 0.15) is 17.4 Å². The Bertz CT molecular complexity index is 699. The van der Waals surface area contributed by atoms with Crippen LogP contribution >= 0.6 is 11.3 Å². The molecule has 0 spiro atoms. The Morgan fingerprint density at radius 1 is 1.42 bits per heavy atom. The number of hydrogen-bond acceptors (Lipinski definition) is 5. The zero-order valence-electron chi connectivity index (χ0n) is 10.2. The fraction of sp³-hybridized carbons (Fsp3) is 0.154. The molecule has 3 aromatic heterocycles. The first-order chi connectivity index (χ1) is 9.28. The molecular weight excluding hydrogens is 262 g/mol. The molecule has 0 unspecified atom stereocenters. The summed E-state index contributed by atoms with van der Waals surface area (Å²) in [5, 5.41) is 2.41. The lowest BCUT2D eigenvalue weighted by Crippen LogP contribution is -2.04. The average Bonchev–Trinajstić information content (AvgIpc) is 3.05. The van der Waals surface area contributed by atoms with Crippen molar-refractivity contribution in [1.29, 1.82) is 0 Å². The van der Waals surface area contributed by atoms with Crippen LogP contribution in [0.2, 0.25) is 0 Å². The quantitative estimate of drug-likeness (QED) is 0.688. The maximum atomic E-state index is 11.6. The van der Waals surface area contributed by atoms with Crippen molar-refractivity contribution in [3.05, 3.63) is 41.7 Å². The van der Waals surface area contributed by atoms with Gasteiger partial charge in [0.05, 0.1) is 6.61 Å². The van der Waals surface area contributed by atoms with Gasteiger partial charge in [0.25, 0.3) is 0 Å². The maximum Gasteiger partial charge on any atom is 0.357 e. The number of pyridine rings is 1. The van der Waals surface area contributed by atoms with Crippen molar-refractivity contribution in [3.8, 4) is 10.7 Å². The van der Waals surface area contributed by atoms with E-state index < -0.39 is 5.97 Å². The summed E-state index contributed by atoms with van der Waals surface area (Å²) in [4.78, 5) is 20.3. The van der Waals surface area contributed by atoms with Crippen LogP contribution in [0.25, 0.3) is 16.3 Å². The SMILES string of the molecule is CCOC(=O)c1csc(-c2cn3ccccc3n2)n1. The Morgan fingerprint density at radius 2 is 2.32 bits per heavy atom. The molecule has 0 aliphatic rings. The fourth-order valence-electron chi connectivity index (χ4n) is 1.73. The zero-order chi connectivity index (χ0) is 13.2. The van der Waals surface area contributed by atoms with Crippen molar-refractivity contribution in [2.45, 2.75) is 6.92 Å². The van der Waals surface area contributed by atoms with Gasteiger partial charge in [0.2, 0.25) is 0 Å². The van der Waals surface area contributed by atoms with Gasteiger partial charge >= 0.3 is 5.97 Å². The monoisotopic (exact) mass is 273 g/mol. The largest absolute Gasteiger partial charge is 0.461 e. The molecule has 5 nitrogen and oxygen atoms in total. The number of nitrogens with zero attached hydrogens (tertiary/aromatic N) is 3. The van der Waals surface area contributed by atoms with Crippen LogP contribution in [-0.2, 0) is 4.74 Å². The van der Waals surface area contributed by atoms with Crippen LogP contribution in [-0.4, -0.2) is 26.9 Å². The lowest BCUT2D eigenvalue weighted by atomic mass is 10.4. The smallest absolute Gasteiger partial charge is 0.357 e. The number of imidazole rings is 1. The number of esters is 1. The third kappa shape index (κ3) is 2.22. The molecule has 6 heteroatoms. The third-order valence-electron chi connectivity index (χ3n) is 2.57. The summed E-state index contributed by atoms with van der Waals surface area (Å²) in [6.07, 6.45) is 3.81. The average molecular weight is 273 g/mol. The van der Waals surface area contributed by atoms with Gasteiger partial charge in [-0.25, -0.2) is 14.8 Å². The molecule has 3 aromatic rings. The number of rotatable bonds is 3. The van der Waals surface area contributed by atoms with Gasteiger partial charge in [0.15, 0.2) is 5.69 Å². The van der Waals surface area contributed by atoms with Gasteiger partial charge in [0.1, 0.15) is 16.3 Å². The highest BCUT2D eigenvalue weighted by atomic mass is 32.1. The van der Waals surface area contributed by atoms with Gasteiger partial charge in [-0.3, -0.25) is 0 Å². The van der Waals surface area contributed by atoms with Crippen molar-refractivity contribution >= 4 is 23.0 Å². The molecule has 0 fully saturated rings. The van der Waals surface area contributed by atoms with E-state index in [-0.39, 0.29) is 0 Å². The highest BCUT2D eigenvalue weighted by Crippen LogP contribution is 2.23. The predicted molar refractivity (Wildman–Crippen MR) is 72.3 cm³/mol. The van der Waals surface area contributed by atoms with Crippen LogP contribution < -0.4 is 0 Å². The molecule has 0 bridgehead atoms. The molecule has 0 saturated heterocycles. The highest BCUT2D eigenvalue weighted by molar-refractivity contribution is 7.13. The van der Waals surface area contributed by atoms with Crippen LogP contribution in [0.3, 0.4) is 0 Å². The standard InChI is InChI=1S/C13H11N3O2S/c1-2-18-13(17)10-8-19-12(15-10)9-7-16-6-4-3-5-11(16)14-9/h3-8H,2H2,1H3. The molecule has 0 aliphatic carbocycles. The molecule has 0 saturated carbocycles. The van der Waals surface area contributed by atoms with E-state index in [1.54, 1.807) is 12.3 Å². The second-order valence-electron chi connectivity index (χ2n) is 3.85. The number of fused-ring (bicyclic) bond motifs is 1. The lowest BCUT2D eigenvalue weighted by Gasteiger charge is -1.95. The van der Waals surface area contributed by atoms with Crippen LogP contribution in [0.4, 0.5) is 0 Å². The van der Waals surface area contributed by atoms with Crippen LogP contribution in [0.5, 0.6) is 0 Å². The minimum atomic E-state index is -0.395. The summed E-state index contributed by atoms with van der Waals surface area (Å²) in [6.45, 7) is 2.12. The first-order valence-corrected chi connectivity index (χ1v) is 6.72. The summed E-state index contributed by atoms with van der Waals surface area (Å²) in [5.41, 5.74) is 1.94. The van der Waals surface area contributed by atoms with Crippen molar-refractivity contribution < 1.29 is 9.53 Å². The van der Waals surface area contributed by atoms with Gasteiger partial charge in [0, 0.05) is 17.8 Å². The molecule has 0 aliphatic heterocycles. The van der Waals surface area contributed by atoms with Crippen LogP contribution in [0, 0.1) is 0 Å². The summed E-state index contributed by atoms with van der Waals surface area (Å²) >= 11 is 1.38.